The Bertz CT molecular complexity index is 1040. The van der Waals surface area contributed by atoms with E-state index in [1.807, 2.05) is 44.2 Å². The molecule has 3 rings (SSSR count). The number of hydrogen-bond acceptors (Lipinski definition) is 5. The van der Waals surface area contributed by atoms with Crippen LogP contribution in [0.3, 0.4) is 0 Å². The van der Waals surface area contributed by atoms with Crippen molar-refractivity contribution in [2.45, 2.75) is 52.2 Å². The van der Waals surface area contributed by atoms with Crippen molar-refractivity contribution in [2.75, 3.05) is 18.4 Å². The second-order valence-electron chi connectivity index (χ2n) is 8.92. The summed E-state index contributed by atoms with van der Waals surface area (Å²) in [5.74, 6) is -1.10. The molecule has 0 heterocycles. The van der Waals surface area contributed by atoms with Gasteiger partial charge in [0.25, 0.3) is 0 Å². The van der Waals surface area contributed by atoms with Crippen LogP contribution in [0.15, 0.2) is 54.6 Å². The van der Waals surface area contributed by atoms with Gasteiger partial charge in [0.2, 0.25) is 17.7 Å². The summed E-state index contributed by atoms with van der Waals surface area (Å²) in [4.78, 5) is 47.7. The average Bonchev–Trinajstić information content (AvgIpc) is 2.87. The molecule has 1 fully saturated rings. The number of anilines is 1. The van der Waals surface area contributed by atoms with Crippen molar-refractivity contribution in [1.82, 2.24) is 16.0 Å². The molecular formula is C27H37N5O5. The van der Waals surface area contributed by atoms with Crippen LogP contribution in [0, 0.1) is 5.41 Å². The molecular weight excluding hydrogens is 474 g/mol. The minimum absolute atomic E-state index is 0.0721. The van der Waals surface area contributed by atoms with Gasteiger partial charge in [0, 0.05) is 12.2 Å². The van der Waals surface area contributed by atoms with Crippen molar-refractivity contribution in [3.8, 4) is 0 Å². The Hall–Kier alpha value is -3.92. The highest BCUT2D eigenvalue weighted by atomic mass is 16.3. The number of carbonyl (C=O) groups is 4. The van der Waals surface area contributed by atoms with E-state index in [0.717, 1.165) is 24.0 Å². The number of nitrogens with two attached hydrogens (primary N) is 1. The van der Waals surface area contributed by atoms with Crippen molar-refractivity contribution in [3.05, 3.63) is 65.7 Å². The third kappa shape index (κ3) is 8.91. The molecule has 1 atom stereocenters. The molecule has 0 aromatic heterocycles. The first kappa shape index (κ1) is 29.3. The largest absolute Gasteiger partial charge is 0.392 e. The monoisotopic (exact) mass is 511 g/mol. The van der Waals surface area contributed by atoms with Crippen LogP contribution >= 0.6 is 0 Å². The van der Waals surface area contributed by atoms with E-state index in [4.69, 9.17) is 10.8 Å². The van der Waals surface area contributed by atoms with Crippen LogP contribution in [-0.4, -0.2) is 41.9 Å². The van der Waals surface area contributed by atoms with E-state index in [0.29, 0.717) is 25.1 Å². The zero-order valence-electron chi connectivity index (χ0n) is 21.4. The predicted molar refractivity (Wildman–Crippen MR) is 141 cm³/mol. The summed E-state index contributed by atoms with van der Waals surface area (Å²) in [7, 11) is 0. The number of aliphatic hydroxyl groups is 1. The highest BCUT2D eigenvalue weighted by Gasteiger charge is 2.51. The molecule has 0 saturated heterocycles. The summed E-state index contributed by atoms with van der Waals surface area (Å²) >= 11 is 0. The Labute approximate surface area is 217 Å². The summed E-state index contributed by atoms with van der Waals surface area (Å²) in [5, 5.41) is 19.7. The predicted octanol–water partition coefficient (Wildman–Crippen LogP) is 2.35. The van der Waals surface area contributed by atoms with Crippen LogP contribution in [-0.2, 0) is 21.0 Å². The number of amides is 5. The van der Waals surface area contributed by atoms with Gasteiger partial charge in [0.05, 0.1) is 19.2 Å². The van der Waals surface area contributed by atoms with Gasteiger partial charge in [0.1, 0.15) is 5.41 Å². The molecule has 2 aromatic rings. The molecule has 1 aliphatic carbocycles. The van der Waals surface area contributed by atoms with Crippen molar-refractivity contribution in [1.29, 1.82) is 0 Å². The average molecular weight is 512 g/mol. The lowest BCUT2D eigenvalue weighted by Crippen LogP contribution is -2.56. The number of primary amides is 1. The molecule has 2 aromatic carbocycles. The third-order valence-corrected chi connectivity index (χ3v) is 6.10. The first-order valence-corrected chi connectivity index (χ1v) is 12.4. The summed E-state index contributed by atoms with van der Waals surface area (Å²) < 4.78 is 0. The number of hydrogen-bond donors (Lipinski definition) is 6. The normalized spacial score (nSPS) is 14.0. The van der Waals surface area contributed by atoms with E-state index >= 15 is 0 Å². The van der Waals surface area contributed by atoms with E-state index in [2.05, 4.69) is 21.3 Å². The molecule has 10 heteroatoms. The molecule has 7 N–H and O–H groups in total. The topological polar surface area (TPSA) is 163 Å². The molecule has 0 spiro atoms. The number of urea groups is 1. The highest BCUT2D eigenvalue weighted by Crippen LogP contribution is 2.42. The van der Waals surface area contributed by atoms with E-state index in [1.165, 1.54) is 0 Å². The molecule has 0 bridgehead atoms. The van der Waals surface area contributed by atoms with Gasteiger partial charge >= 0.3 is 6.03 Å². The fraction of sp³-hybridized carbons (Fsp3) is 0.407. The molecule has 1 aliphatic rings. The molecule has 10 nitrogen and oxygen atoms in total. The smallest absolute Gasteiger partial charge is 0.312 e. The Kier molecular flexibility index (Phi) is 11.6. The Morgan fingerprint density at radius 3 is 2.11 bits per heavy atom. The lowest BCUT2D eigenvalue weighted by atomic mass is 9.67. The Morgan fingerprint density at radius 2 is 1.62 bits per heavy atom. The van der Waals surface area contributed by atoms with Crippen molar-refractivity contribution in [3.63, 3.8) is 0 Å². The zero-order valence-corrected chi connectivity index (χ0v) is 21.4. The minimum atomic E-state index is -1.12. The number of carbonyl (C=O) groups excluding carboxylic acids is 4. The molecule has 0 radical (unpaired) electrons. The van der Waals surface area contributed by atoms with Crippen LogP contribution in [0.2, 0.25) is 0 Å². The van der Waals surface area contributed by atoms with Crippen molar-refractivity contribution >= 4 is 29.4 Å². The molecule has 0 aliphatic heterocycles. The fourth-order valence-corrected chi connectivity index (χ4v) is 3.72. The zero-order chi connectivity index (χ0) is 27.3. The minimum Gasteiger partial charge on any atom is -0.392 e. The van der Waals surface area contributed by atoms with Crippen molar-refractivity contribution in [2.24, 2.45) is 11.1 Å². The maximum atomic E-state index is 12.9. The van der Waals surface area contributed by atoms with Crippen LogP contribution in [0.4, 0.5) is 10.5 Å². The van der Waals surface area contributed by atoms with Gasteiger partial charge < -0.3 is 32.1 Å². The van der Waals surface area contributed by atoms with Gasteiger partial charge in [-0.25, -0.2) is 4.79 Å². The Balaban J connectivity index is 0.000000604. The quantitative estimate of drug-likeness (QED) is 0.269. The number of rotatable bonds is 10. The first-order valence-electron chi connectivity index (χ1n) is 12.4. The van der Waals surface area contributed by atoms with Gasteiger partial charge in [-0.05, 0) is 49.4 Å². The molecule has 1 unspecified atom stereocenters. The summed E-state index contributed by atoms with van der Waals surface area (Å²) in [5.41, 5.74) is 5.88. The maximum absolute atomic E-state index is 12.9. The lowest BCUT2D eigenvalue weighted by Gasteiger charge is -2.39. The van der Waals surface area contributed by atoms with Crippen LogP contribution in [0.25, 0.3) is 0 Å². The Morgan fingerprint density at radius 1 is 0.973 bits per heavy atom. The van der Waals surface area contributed by atoms with E-state index in [9.17, 15) is 19.2 Å². The van der Waals surface area contributed by atoms with Crippen LogP contribution < -0.4 is 27.0 Å². The van der Waals surface area contributed by atoms with Crippen molar-refractivity contribution < 1.29 is 24.3 Å². The third-order valence-electron chi connectivity index (χ3n) is 6.10. The van der Waals surface area contributed by atoms with Gasteiger partial charge in [-0.1, -0.05) is 55.8 Å². The molecule has 5 amide bonds. The number of aliphatic hydroxyl groups excluding tert-OH is 1. The second kappa shape index (κ2) is 14.6. The van der Waals surface area contributed by atoms with Gasteiger partial charge in [-0.2, -0.15) is 0 Å². The van der Waals surface area contributed by atoms with Gasteiger partial charge in [-0.15, -0.1) is 0 Å². The van der Waals surface area contributed by atoms with E-state index in [-0.39, 0.29) is 31.0 Å². The number of nitrogens with one attached hydrogen (secondary N) is 4. The maximum Gasteiger partial charge on any atom is 0.312 e. The highest BCUT2D eigenvalue weighted by molar-refractivity contribution is 6.07. The fourth-order valence-electron chi connectivity index (χ4n) is 3.72. The van der Waals surface area contributed by atoms with Gasteiger partial charge in [0.15, 0.2) is 0 Å². The molecule has 200 valence electrons. The number of benzene rings is 2. The lowest BCUT2D eigenvalue weighted by molar-refractivity contribution is -0.150. The molecule has 1 saturated carbocycles. The van der Waals surface area contributed by atoms with Crippen LogP contribution in [0.1, 0.15) is 56.7 Å². The van der Waals surface area contributed by atoms with E-state index in [1.54, 1.807) is 24.3 Å². The van der Waals surface area contributed by atoms with Crippen LogP contribution in [0.5, 0.6) is 0 Å². The molecule has 37 heavy (non-hydrogen) atoms. The first-order chi connectivity index (χ1) is 17.7. The van der Waals surface area contributed by atoms with E-state index < -0.39 is 17.4 Å². The summed E-state index contributed by atoms with van der Waals surface area (Å²) in [6, 6.07) is 15.7. The second-order valence-corrected chi connectivity index (χ2v) is 8.92. The summed E-state index contributed by atoms with van der Waals surface area (Å²) in [6.45, 7) is 4.24. The van der Waals surface area contributed by atoms with Gasteiger partial charge in [-0.3, -0.25) is 14.4 Å². The standard InChI is InChI=1S/C23H27N3O4.C4H10N2O/c1-16(18-6-3-2-4-7-18)25-22(30)23(12-5-13-23)21(29)24-14-20(28)26-19-10-8-17(15-27)9-11-19;1-2-3-6-4(5)7/h2-4,6-11,16,27H,5,12-15H2,1H3,(H,24,29)(H,25,30)(H,26,28);2-3H2,1H3,(H3,5,6,7). The summed E-state index contributed by atoms with van der Waals surface area (Å²) in [6.07, 6.45) is 2.67. The SMILES string of the molecule is CC(NC(=O)C1(C(=O)NCC(=O)Nc2ccc(CO)cc2)CCC1)c1ccccc1.CCCNC(N)=O.